The molecule has 0 spiro atoms. The molecule has 0 aliphatic heterocycles. The second-order valence-corrected chi connectivity index (χ2v) is 6.36. The second kappa shape index (κ2) is 7.12. The summed E-state index contributed by atoms with van der Waals surface area (Å²) in [7, 11) is 0. The summed E-state index contributed by atoms with van der Waals surface area (Å²) in [6.07, 6.45) is 2.90. The standard InChI is InChI=1S/C14H18BrN3S/c1-2-8-18-14(6-7-17-18)13(16)10-19-12-5-3-4-11(15)9-12/h3-7,9,13H,2,8,10,16H2,1H3. The summed E-state index contributed by atoms with van der Waals surface area (Å²) in [6, 6.07) is 10.3. The monoisotopic (exact) mass is 339 g/mol. The largest absolute Gasteiger partial charge is 0.322 e. The molecular formula is C14H18BrN3S. The second-order valence-electron chi connectivity index (χ2n) is 4.35. The molecule has 102 valence electrons. The summed E-state index contributed by atoms with van der Waals surface area (Å²) < 4.78 is 3.11. The molecule has 2 N–H and O–H groups in total. The summed E-state index contributed by atoms with van der Waals surface area (Å²) >= 11 is 5.25. The number of aryl methyl sites for hydroxylation is 1. The molecule has 1 heterocycles. The van der Waals surface area contributed by atoms with Crippen LogP contribution in [0.4, 0.5) is 0 Å². The highest BCUT2D eigenvalue weighted by atomic mass is 79.9. The van der Waals surface area contributed by atoms with Crippen molar-refractivity contribution in [3.63, 3.8) is 0 Å². The average Bonchev–Trinajstić information content (AvgIpc) is 2.85. The van der Waals surface area contributed by atoms with E-state index in [1.807, 2.05) is 29.1 Å². The Balaban J connectivity index is 1.97. The first-order chi connectivity index (χ1) is 9.20. The van der Waals surface area contributed by atoms with E-state index in [1.165, 1.54) is 4.90 Å². The van der Waals surface area contributed by atoms with Crippen LogP contribution in [0.1, 0.15) is 25.1 Å². The Morgan fingerprint density at radius 1 is 1.42 bits per heavy atom. The van der Waals surface area contributed by atoms with Crippen LogP contribution in [0, 0.1) is 0 Å². The van der Waals surface area contributed by atoms with Crippen LogP contribution in [0.15, 0.2) is 45.9 Å². The molecular weight excluding hydrogens is 322 g/mol. The SMILES string of the molecule is CCCn1nccc1C(N)CSc1cccc(Br)c1. The van der Waals surface area contributed by atoms with Gasteiger partial charge in [-0.05, 0) is 30.7 Å². The van der Waals surface area contributed by atoms with E-state index in [1.54, 1.807) is 11.8 Å². The molecule has 5 heteroatoms. The first-order valence-corrected chi connectivity index (χ1v) is 8.14. The van der Waals surface area contributed by atoms with Crippen molar-refractivity contribution >= 4 is 27.7 Å². The molecule has 0 saturated carbocycles. The number of aromatic nitrogens is 2. The van der Waals surface area contributed by atoms with E-state index in [0.717, 1.165) is 28.9 Å². The Bertz CT molecular complexity index is 527. The zero-order valence-corrected chi connectivity index (χ0v) is 13.3. The molecule has 3 nitrogen and oxygen atoms in total. The van der Waals surface area contributed by atoms with Crippen LogP contribution in [-0.2, 0) is 6.54 Å². The first kappa shape index (κ1) is 14.6. The maximum atomic E-state index is 6.26. The predicted octanol–water partition coefficient (Wildman–Crippen LogP) is 3.85. The Morgan fingerprint density at radius 3 is 3.00 bits per heavy atom. The van der Waals surface area contributed by atoms with Gasteiger partial charge in [-0.1, -0.05) is 28.9 Å². The van der Waals surface area contributed by atoms with Crippen molar-refractivity contribution in [1.82, 2.24) is 9.78 Å². The van der Waals surface area contributed by atoms with Crippen LogP contribution in [0.2, 0.25) is 0 Å². The molecule has 0 radical (unpaired) electrons. The van der Waals surface area contributed by atoms with Crippen molar-refractivity contribution in [2.45, 2.75) is 30.8 Å². The molecule has 0 aliphatic carbocycles. The Kier molecular flexibility index (Phi) is 5.48. The third-order valence-corrected chi connectivity index (χ3v) is 4.40. The lowest BCUT2D eigenvalue weighted by molar-refractivity contribution is 0.554. The van der Waals surface area contributed by atoms with Crippen LogP contribution in [-0.4, -0.2) is 15.5 Å². The number of thioether (sulfide) groups is 1. The maximum Gasteiger partial charge on any atom is 0.0562 e. The molecule has 0 aliphatic rings. The van der Waals surface area contributed by atoms with Crippen LogP contribution in [0.25, 0.3) is 0 Å². The van der Waals surface area contributed by atoms with Crippen molar-refractivity contribution < 1.29 is 0 Å². The summed E-state index contributed by atoms with van der Waals surface area (Å²) in [5, 5.41) is 4.32. The molecule has 2 rings (SSSR count). The minimum absolute atomic E-state index is 0.0121. The smallest absolute Gasteiger partial charge is 0.0562 e. The van der Waals surface area contributed by atoms with E-state index in [9.17, 15) is 0 Å². The maximum absolute atomic E-state index is 6.26. The van der Waals surface area contributed by atoms with Gasteiger partial charge >= 0.3 is 0 Å². The fraction of sp³-hybridized carbons (Fsp3) is 0.357. The molecule has 19 heavy (non-hydrogen) atoms. The van der Waals surface area contributed by atoms with Gasteiger partial charge in [0.25, 0.3) is 0 Å². The van der Waals surface area contributed by atoms with Crippen molar-refractivity contribution in [3.8, 4) is 0 Å². The molecule has 1 aromatic carbocycles. The van der Waals surface area contributed by atoms with Gasteiger partial charge in [0.2, 0.25) is 0 Å². The van der Waals surface area contributed by atoms with E-state index in [0.29, 0.717) is 0 Å². The fourth-order valence-electron chi connectivity index (χ4n) is 1.88. The molecule has 2 aromatic rings. The van der Waals surface area contributed by atoms with Gasteiger partial charge in [0.05, 0.1) is 11.7 Å². The Hall–Kier alpha value is -0.780. The molecule has 0 amide bonds. The highest BCUT2D eigenvalue weighted by Crippen LogP contribution is 2.25. The van der Waals surface area contributed by atoms with E-state index in [-0.39, 0.29) is 6.04 Å². The lowest BCUT2D eigenvalue weighted by atomic mass is 10.2. The highest BCUT2D eigenvalue weighted by Gasteiger charge is 2.11. The third-order valence-electron chi connectivity index (χ3n) is 2.79. The minimum atomic E-state index is 0.0121. The molecule has 0 bridgehead atoms. The van der Waals surface area contributed by atoms with Gasteiger partial charge in [-0.3, -0.25) is 4.68 Å². The number of rotatable bonds is 6. The topological polar surface area (TPSA) is 43.8 Å². The molecule has 1 atom stereocenters. The van der Waals surface area contributed by atoms with Crippen LogP contribution < -0.4 is 5.73 Å². The molecule has 1 unspecified atom stereocenters. The van der Waals surface area contributed by atoms with Crippen molar-refractivity contribution in [2.24, 2.45) is 5.73 Å². The fourth-order valence-corrected chi connectivity index (χ4v) is 3.36. The number of nitrogens with zero attached hydrogens (tertiary/aromatic N) is 2. The number of hydrogen-bond acceptors (Lipinski definition) is 3. The van der Waals surface area contributed by atoms with Gasteiger partial charge in [-0.2, -0.15) is 5.10 Å². The van der Waals surface area contributed by atoms with E-state index < -0.39 is 0 Å². The van der Waals surface area contributed by atoms with Crippen molar-refractivity contribution in [3.05, 3.63) is 46.7 Å². The summed E-state index contributed by atoms with van der Waals surface area (Å²) in [5.41, 5.74) is 7.38. The number of nitrogens with two attached hydrogens (primary N) is 1. The molecule has 0 fully saturated rings. The number of benzene rings is 1. The normalized spacial score (nSPS) is 12.6. The summed E-state index contributed by atoms with van der Waals surface area (Å²) in [5.74, 6) is 0.853. The lowest BCUT2D eigenvalue weighted by Gasteiger charge is -2.13. The van der Waals surface area contributed by atoms with E-state index in [4.69, 9.17) is 5.73 Å². The zero-order chi connectivity index (χ0) is 13.7. The van der Waals surface area contributed by atoms with Crippen LogP contribution >= 0.6 is 27.7 Å². The van der Waals surface area contributed by atoms with E-state index >= 15 is 0 Å². The van der Waals surface area contributed by atoms with Gasteiger partial charge in [-0.25, -0.2) is 0 Å². The van der Waals surface area contributed by atoms with Crippen molar-refractivity contribution in [2.75, 3.05) is 5.75 Å². The number of hydrogen-bond donors (Lipinski definition) is 1. The Morgan fingerprint density at radius 2 is 2.26 bits per heavy atom. The highest BCUT2D eigenvalue weighted by molar-refractivity contribution is 9.10. The predicted molar refractivity (Wildman–Crippen MR) is 84.3 cm³/mol. The van der Waals surface area contributed by atoms with Crippen LogP contribution in [0.5, 0.6) is 0 Å². The molecule has 0 saturated heterocycles. The lowest BCUT2D eigenvalue weighted by Crippen LogP contribution is -2.18. The quantitative estimate of drug-likeness (QED) is 0.813. The Labute approximate surface area is 126 Å². The van der Waals surface area contributed by atoms with Crippen molar-refractivity contribution in [1.29, 1.82) is 0 Å². The first-order valence-electron chi connectivity index (χ1n) is 6.36. The zero-order valence-electron chi connectivity index (χ0n) is 10.9. The minimum Gasteiger partial charge on any atom is -0.322 e. The van der Waals surface area contributed by atoms with Gasteiger partial charge in [0.15, 0.2) is 0 Å². The van der Waals surface area contributed by atoms with Gasteiger partial charge < -0.3 is 5.73 Å². The van der Waals surface area contributed by atoms with Gasteiger partial charge in [0, 0.05) is 27.9 Å². The van der Waals surface area contributed by atoms with Crippen LogP contribution in [0.3, 0.4) is 0 Å². The van der Waals surface area contributed by atoms with E-state index in [2.05, 4.69) is 40.1 Å². The average molecular weight is 340 g/mol. The van der Waals surface area contributed by atoms with Gasteiger partial charge in [0.1, 0.15) is 0 Å². The summed E-state index contributed by atoms with van der Waals surface area (Å²) in [4.78, 5) is 1.23. The molecule has 1 aromatic heterocycles. The summed E-state index contributed by atoms with van der Waals surface area (Å²) in [6.45, 7) is 3.07. The number of halogens is 1. The van der Waals surface area contributed by atoms with Gasteiger partial charge in [-0.15, -0.1) is 11.8 Å². The third kappa shape index (κ3) is 4.09.